The number of rotatable bonds is 2. The molecule has 12 heavy (non-hydrogen) atoms. The van der Waals surface area contributed by atoms with Gasteiger partial charge in [0.1, 0.15) is 0 Å². The van der Waals surface area contributed by atoms with Gasteiger partial charge in [-0.3, -0.25) is 0 Å². The molecule has 1 aliphatic rings. The molecule has 1 unspecified atom stereocenters. The molecule has 0 nitrogen and oxygen atoms in total. The average molecular weight is 202 g/mol. The zero-order valence-electron chi connectivity index (χ0n) is 7.27. The van der Waals surface area contributed by atoms with Crippen LogP contribution in [0.25, 0.3) is 0 Å². The summed E-state index contributed by atoms with van der Waals surface area (Å²) >= 11 is 0. The van der Waals surface area contributed by atoms with Gasteiger partial charge in [0.2, 0.25) is 0 Å². The Hall–Kier alpha value is 1.23. The van der Waals surface area contributed by atoms with Crippen LogP contribution in [0, 0.1) is 5.92 Å². The Balaban J connectivity index is 0.00000121. The molecule has 1 aliphatic carbocycles. The van der Waals surface area contributed by atoms with Crippen LogP contribution in [0.2, 0.25) is 6.32 Å². The maximum atomic E-state index is 11.9. The normalized spacial score (nSPS) is 23.4. The maximum Gasteiger partial charge on any atom is 1.00 e. The molecule has 0 aromatic carbocycles. The minimum absolute atomic E-state index is 0. The van der Waals surface area contributed by atoms with E-state index in [9.17, 15) is 12.9 Å². The Morgan fingerprint density at radius 2 is 1.92 bits per heavy atom. The fourth-order valence-corrected chi connectivity index (χ4v) is 1.45. The van der Waals surface area contributed by atoms with Gasteiger partial charge in [-0.2, -0.15) is 0 Å². The van der Waals surface area contributed by atoms with E-state index in [-0.39, 0.29) is 57.3 Å². The Kier molecular flexibility index (Phi) is 6.46. The molecular formula is C7H11BF3K. The van der Waals surface area contributed by atoms with Crippen LogP contribution in [-0.2, 0) is 0 Å². The first kappa shape index (κ1) is 13.2. The van der Waals surface area contributed by atoms with Gasteiger partial charge in [0.05, 0.1) is 0 Å². The predicted molar refractivity (Wildman–Crippen MR) is 40.4 cm³/mol. The molecule has 0 aromatic heterocycles. The van der Waals surface area contributed by atoms with E-state index in [0.717, 1.165) is 6.42 Å². The number of allylic oxidation sites excluding steroid dienone is 2. The Morgan fingerprint density at radius 1 is 1.25 bits per heavy atom. The maximum absolute atomic E-state index is 11.9. The first-order chi connectivity index (χ1) is 5.08. The van der Waals surface area contributed by atoms with E-state index in [4.69, 9.17) is 0 Å². The minimum atomic E-state index is -4.56. The Labute approximate surface area is 113 Å². The molecule has 5 heteroatoms. The molecule has 64 valence electrons. The average Bonchev–Trinajstić information content (AvgIpc) is 1.85. The largest absolute Gasteiger partial charge is 1.00 e. The van der Waals surface area contributed by atoms with E-state index in [2.05, 4.69) is 0 Å². The Bertz CT molecular complexity index is 155. The summed E-state index contributed by atoms with van der Waals surface area (Å²) in [5, 5.41) is 0. The first-order valence-corrected chi connectivity index (χ1v) is 3.94. The van der Waals surface area contributed by atoms with Gasteiger partial charge in [-0.1, -0.05) is 24.4 Å². The molecule has 0 saturated carbocycles. The number of hydrogen-bond donors (Lipinski definition) is 0. The molecule has 0 spiro atoms. The summed E-state index contributed by atoms with van der Waals surface area (Å²) in [4.78, 5) is 0. The van der Waals surface area contributed by atoms with Crippen molar-refractivity contribution in [2.45, 2.75) is 25.6 Å². The number of halogens is 3. The van der Waals surface area contributed by atoms with E-state index in [0.29, 0.717) is 12.8 Å². The smallest absolute Gasteiger partial charge is 0.449 e. The molecule has 0 bridgehead atoms. The van der Waals surface area contributed by atoms with Crippen molar-refractivity contribution in [2.75, 3.05) is 0 Å². The van der Waals surface area contributed by atoms with Crippen LogP contribution < -0.4 is 51.4 Å². The minimum Gasteiger partial charge on any atom is -0.449 e. The third-order valence-corrected chi connectivity index (χ3v) is 1.98. The van der Waals surface area contributed by atoms with Crippen LogP contribution >= 0.6 is 0 Å². The van der Waals surface area contributed by atoms with Gasteiger partial charge in [0, 0.05) is 0 Å². The van der Waals surface area contributed by atoms with E-state index >= 15 is 0 Å². The van der Waals surface area contributed by atoms with E-state index in [1.165, 1.54) is 0 Å². The van der Waals surface area contributed by atoms with Crippen LogP contribution in [0.5, 0.6) is 0 Å². The molecule has 0 N–H and O–H groups in total. The van der Waals surface area contributed by atoms with Crippen molar-refractivity contribution in [2.24, 2.45) is 5.92 Å². The van der Waals surface area contributed by atoms with E-state index in [1.807, 2.05) is 12.2 Å². The molecule has 1 rings (SSSR count). The first-order valence-electron chi connectivity index (χ1n) is 3.94. The summed E-state index contributed by atoms with van der Waals surface area (Å²) in [6.07, 6.45) is 5.40. The third kappa shape index (κ3) is 5.81. The second kappa shape index (κ2) is 5.86. The molecule has 1 atom stereocenters. The summed E-state index contributed by atoms with van der Waals surface area (Å²) in [5.41, 5.74) is 0. The summed E-state index contributed by atoms with van der Waals surface area (Å²) in [7, 11) is 0. The van der Waals surface area contributed by atoms with Gasteiger partial charge in [-0.15, -0.1) is 0 Å². The topological polar surface area (TPSA) is 0 Å². The van der Waals surface area contributed by atoms with Gasteiger partial charge in [0.15, 0.2) is 0 Å². The van der Waals surface area contributed by atoms with Crippen LogP contribution in [0.4, 0.5) is 12.9 Å². The second-order valence-corrected chi connectivity index (χ2v) is 3.10. The van der Waals surface area contributed by atoms with Gasteiger partial charge in [-0.05, 0) is 19.3 Å². The van der Waals surface area contributed by atoms with Crippen LogP contribution in [0.15, 0.2) is 12.2 Å². The monoisotopic (exact) mass is 202 g/mol. The standard InChI is InChI=1S/C7H11BF3.K/c9-8(10,11)6-7-4-2-1-3-5-7;/h1-2,7H,3-6H2;/q-1;+1. The molecular weight excluding hydrogens is 191 g/mol. The van der Waals surface area contributed by atoms with Gasteiger partial charge >= 0.3 is 58.4 Å². The predicted octanol–water partition coefficient (Wildman–Crippen LogP) is 0.194. The van der Waals surface area contributed by atoms with Crippen molar-refractivity contribution >= 4 is 6.98 Å². The van der Waals surface area contributed by atoms with Gasteiger partial charge in [0.25, 0.3) is 0 Å². The quantitative estimate of drug-likeness (QED) is 0.443. The summed E-state index contributed by atoms with van der Waals surface area (Å²) in [6, 6.07) is 0. The van der Waals surface area contributed by atoms with Crippen molar-refractivity contribution in [3.63, 3.8) is 0 Å². The van der Waals surface area contributed by atoms with Crippen molar-refractivity contribution in [3.05, 3.63) is 12.2 Å². The van der Waals surface area contributed by atoms with Gasteiger partial charge < -0.3 is 12.9 Å². The summed E-state index contributed by atoms with van der Waals surface area (Å²) in [5.74, 6) is -0.139. The molecule has 0 radical (unpaired) electrons. The molecule has 0 heterocycles. The third-order valence-electron chi connectivity index (χ3n) is 1.98. The molecule has 0 aliphatic heterocycles. The SMILES string of the molecule is F[B-](F)(F)CC1CC=CCC1.[K+]. The molecule has 0 aromatic rings. The molecule has 0 fully saturated rings. The number of hydrogen-bond acceptors (Lipinski definition) is 0. The fourth-order valence-electron chi connectivity index (χ4n) is 1.45. The van der Waals surface area contributed by atoms with Crippen molar-refractivity contribution in [1.82, 2.24) is 0 Å². The molecule has 0 saturated heterocycles. The van der Waals surface area contributed by atoms with Crippen molar-refractivity contribution in [1.29, 1.82) is 0 Å². The van der Waals surface area contributed by atoms with Crippen LogP contribution in [-0.4, -0.2) is 6.98 Å². The van der Waals surface area contributed by atoms with Crippen LogP contribution in [0.3, 0.4) is 0 Å². The Morgan fingerprint density at radius 3 is 2.33 bits per heavy atom. The fraction of sp³-hybridized carbons (Fsp3) is 0.714. The summed E-state index contributed by atoms with van der Waals surface area (Å²) in [6.45, 7) is -4.56. The summed E-state index contributed by atoms with van der Waals surface area (Å²) < 4.78 is 35.6. The van der Waals surface area contributed by atoms with Crippen LogP contribution in [0.1, 0.15) is 19.3 Å². The van der Waals surface area contributed by atoms with Crippen molar-refractivity contribution < 1.29 is 64.3 Å². The van der Waals surface area contributed by atoms with Gasteiger partial charge in [-0.25, -0.2) is 0 Å². The molecule has 0 amide bonds. The zero-order valence-corrected chi connectivity index (χ0v) is 10.4. The van der Waals surface area contributed by atoms with Crippen molar-refractivity contribution in [3.8, 4) is 0 Å². The zero-order chi connectivity index (χ0) is 8.32. The second-order valence-electron chi connectivity index (χ2n) is 3.10. The van der Waals surface area contributed by atoms with E-state index in [1.54, 1.807) is 0 Å². The van der Waals surface area contributed by atoms with E-state index < -0.39 is 13.3 Å².